The minimum absolute atomic E-state index is 0.488. The fourth-order valence-electron chi connectivity index (χ4n) is 2.10. The predicted molar refractivity (Wildman–Crippen MR) is 56.1 cm³/mol. The van der Waals surface area contributed by atoms with Gasteiger partial charge in [-0.15, -0.1) is 0 Å². The van der Waals surface area contributed by atoms with Crippen LogP contribution in [-0.4, -0.2) is 32.0 Å². The first kappa shape index (κ1) is 10.6. The standard InChI is InChI=1S/C10H18N4O/c1-14-9(12-8-13-14)6-11-7-10(15)4-2-3-5-10/h8,11,15H,2-7H2,1H3. The van der Waals surface area contributed by atoms with Crippen LogP contribution >= 0.6 is 0 Å². The summed E-state index contributed by atoms with van der Waals surface area (Å²) in [4.78, 5) is 4.11. The number of hydrogen-bond donors (Lipinski definition) is 2. The van der Waals surface area contributed by atoms with Crippen LogP contribution in [-0.2, 0) is 13.6 Å². The van der Waals surface area contributed by atoms with E-state index in [4.69, 9.17) is 0 Å². The minimum Gasteiger partial charge on any atom is -0.389 e. The van der Waals surface area contributed by atoms with Gasteiger partial charge in [0.05, 0.1) is 12.1 Å². The molecular weight excluding hydrogens is 192 g/mol. The quantitative estimate of drug-likeness (QED) is 0.745. The molecule has 0 bridgehead atoms. The van der Waals surface area contributed by atoms with E-state index in [1.165, 1.54) is 0 Å². The van der Waals surface area contributed by atoms with Crippen LogP contribution in [0, 0.1) is 0 Å². The maximum Gasteiger partial charge on any atom is 0.140 e. The zero-order valence-electron chi connectivity index (χ0n) is 9.11. The number of nitrogens with zero attached hydrogens (tertiary/aromatic N) is 3. The number of aliphatic hydroxyl groups is 1. The van der Waals surface area contributed by atoms with Crippen molar-refractivity contribution in [2.24, 2.45) is 7.05 Å². The van der Waals surface area contributed by atoms with Gasteiger partial charge in [0.1, 0.15) is 12.2 Å². The van der Waals surface area contributed by atoms with E-state index in [0.717, 1.165) is 31.5 Å². The highest BCUT2D eigenvalue weighted by Gasteiger charge is 2.30. The molecule has 15 heavy (non-hydrogen) atoms. The summed E-state index contributed by atoms with van der Waals surface area (Å²) in [5, 5.41) is 17.3. The molecule has 0 saturated heterocycles. The van der Waals surface area contributed by atoms with Gasteiger partial charge in [-0.25, -0.2) is 4.98 Å². The second-order valence-corrected chi connectivity index (χ2v) is 4.33. The van der Waals surface area contributed by atoms with Gasteiger partial charge in [-0.1, -0.05) is 12.8 Å². The van der Waals surface area contributed by atoms with E-state index >= 15 is 0 Å². The second kappa shape index (κ2) is 4.28. The summed E-state index contributed by atoms with van der Waals surface area (Å²) >= 11 is 0. The zero-order valence-corrected chi connectivity index (χ0v) is 9.11. The second-order valence-electron chi connectivity index (χ2n) is 4.33. The average Bonchev–Trinajstić information content (AvgIpc) is 2.78. The molecule has 0 unspecified atom stereocenters. The Balaban J connectivity index is 1.77. The maximum atomic E-state index is 10.1. The van der Waals surface area contributed by atoms with Gasteiger partial charge in [-0.05, 0) is 12.8 Å². The average molecular weight is 210 g/mol. The minimum atomic E-state index is -0.488. The molecule has 1 saturated carbocycles. The van der Waals surface area contributed by atoms with Crippen molar-refractivity contribution in [2.45, 2.75) is 37.8 Å². The van der Waals surface area contributed by atoms with Gasteiger partial charge in [0.25, 0.3) is 0 Å². The molecule has 0 radical (unpaired) electrons. The van der Waals surface area contributed by atoms with Crippen molar-refractivity contribution < 1.29 is 5.11 Å². The van der Waals surface area contributed by atoms with Gasteiger partial charge in [0.2, 0.25) is 0 Å². The van der Waals surface area contributed by atoms with Gasteiger partial charge in [0.15, 0.2) is 0 Å². The lowest BCUT2D eigenvalue weighted by molar-refractivity contribution is 0.0472. The molecule has 0 spiro atoms. The van der Waals surface area contributed by atoms with E-state index in [1.54, 1.807) is 11.0 Å². The van der Waals surface area contributed by atoms with Crippen LogP contribution in [0.2, 0.25) is 0 Å². The third-order valence-corrected chi connectivity index (χ3v) is 3.08. The summed E-state index contributed by atoms with van der Waals surface area (Å²) in [6, 6.07) is 0. The molecule has 1 aliphatic carbocycles. The van der Waals surface area contributed by atoms with Crippen molar-refractivity contribution in [3.63, 3.8) is 0 Å². The van der Waals surface area contributed by atoms with Gasteiger partial charge in [-0.3, -0.25) is 4.68 Å². The molecule has 84 valence electrons. The maximum absolute atomic E-state index is 10.1. The molecule has 2 N–H and O–H groups in total. The van der Waals surface area contributed by atoms with Crippen molar-refractivity contribution in [1.82, 2.24) is 20.1 Å². The highest BCUT2D eigenvalue weighted by Crippen LogP contribution is 2.28. The molecule has 1 aromatic heterocycles. The van der Waals surface area contributed by atoms with Crippen LogP contribution in [0.15, 0.2) is 6.33 Å². The molecule has 0 aliphatic heterocycles. The number of aromatic nitrogens is 3. The van der Waals surface area contributed by atoms with Crippen LogP contribution < -0.4 is 5.32 Å². The first-order chi connectivity index (χ1) is 7.20. The first-order valence-electron chi connectivity index (χ1n) is 5.46. The SMILES string of the molecule is Cn1ncnc1CNCC1(O)CCCC1. The Morgan fingerprint density at radius 3 is 2.87 bits per heavy atom. The summed E-state index contributed by atoms with van der Waals surface area (Å²) in [6.07, 6.45) is 5.66. The molecule has 0 aromatic carbocycles. The van der Waals surface area contributed by atoms with E-state index in [1.807, 2.05) is 7.05 Å². The summed E-state index contributed by atoms with van der Waals surface area (Å²) < 4.78 is 1.74. The van der Waals surface area contributed by atoms with Crippen LogP contribution in [0.3, 0.4) is 0 Å². The lowest BCUT2D eigenvalue weighted by Gasteiger charge is -2.22. The molecule has 1 aliphatic rings. The van der Waals surface area contributed by atoms with Gasteiger partial charge in [0, 0.05) is 13.6 Å². The summed E-state index contributed by atoms with van der Waals surface area (Å²) in [5.41, 5.74) is -0.488. The molecule has 1 heterocycles. The summed E-state index contributed by atoms with van der Waals surface area (Å²) in [6.45, 7) is 1.32. The molecule has 5 heteroatoms. The molecule has 0 amide bonds. The monoisotopic (exact) mass is 210 g/mol. The number of hydrogen-bond acceptors (Lipinski definition) is 4. The Morgan fingerprint density at radius 1 is 1.53 bits per heavy atom. The van der Waals surface area contributed by atoms with E-state index in [-0.39, 0.29) is 0 Å². The smallest absolute Gasteiger partial charge is 0.140 e. The third-order valence-electron chi connectivity index (χ3n) is 3.08. The molecule has 0 atom stereocenters. The Morgan fingerprint density at radius 2 is 2.27 bits per heavy atom. The normalized spacial score (nSPS) is 19.6. The van der Waals surface area contributed by atoms with Gasteiger partial charge < -0.3 is 10.4 Å². The highest BCUT2D eigenvalue weighted by atomic mass is 16.3. The topological polar surface area (TPSA) is 63.0 Å². The zero-order chi connectivity index (χ0) is 10.7. The van der Waals surface area contributed by atoms with Crippen LogP contribution in [0.25, 0.3) is 0 Å². The van der Waals surface area contributed by atoms with E-state index < -0.39 is 5.60 Å². The van der Waals surface area contributed by atoms with Gasteiger partial charge >= 0.3 is 0 Å². The molecule has 5 nitrogen and oxygen atoms in total. The Kier molecular flexibility index (Phi) is 3.02. The number of aryl methyl sites for hydroxylation is 1. The Hall–Kier alpha value is -0.940. The lowest BCUT2D eigenvalue weighted by atomic mass is 10.0. The van der Waals surface area contributed by atoms with E-state index in [9.17, 15) is 5.11 Å². The number of rotatable bonds is 4. The first-order valence-corrected chi connectivity index (χ1v) is 5.46. The predicted octanol–water partition coefficient (Wildman–Crippen LogP) is 0.210. The van der Waals surface area contributed by atoms with Crippen molar-refractivity contribution in [3.05, 3.63) is 12.2 Å². The van der Waals surface area contributed by atoms with Crippen molar-refractivity contribution >= 4 is 0 Å². The number of nitrogens with one attached hydrogen (secondary N) is 1. The van der Waals surface area contributed by atoms with Crippen LogP contribution in [0.4, 0.5) is 0 Å². The summed E-state index contributed by atoms with van der Waals surface area (Å²) in [5.74, 6) is 0.900. The van der Waals surface area contributed by atoms with Crippen molar-refractivity contribution in [2.75, 3.05) is 6.54 Å². The van der Waals surface area contributed by atoms with Crippen LogP contribution in [0.1, 0.15) is 31.5 Å². The van der Waals surface area contributed by atoms with Crippen LogP contribution in [0.5, 0.6) is 0 Å². The Bertz CT molecular complexity index is 317. The van der Waals surface area contributed by atoms with Crippen molar-refractivity contribution in [3.8, 4) is 0 Å². The van der Waals surface area contributed by atoms with E-state index in [0.29, 0.717) is 13.1 Å². The highest BCUT2D eigenvalue weighted by molar-refractivity contribution is 4.88. The van der Waals surface area contributed by atoms with Crippen molar-refractivity contribution in [1.29, 1.82) is 0 Å². The largest absolute Gasteiger partial charge is 0.389 e. The fraction of sp³-hybridized carbons (Fsp3) is 0.800. The molecule has 2 rings (SSSR count). The summed E-state index contributed by atoms with van der Waals surface area (Å²) in [7, 11) is 1.87. The van der Waals surface area contributed by atoms with Gasteiger partial charge in [-0.2, -0.15) is 5.10 Å². The fourth-order valence-corrected chi connectivity index (χ4v) is 2.10. The molecular formula is C10H18N4O. The lowest BCUT2D eigenvalue weighted by Crippen LogP contribution is -2.38. The molecule has 1 fully saturated rings. The Labute approximate surface area is 89.5 Å². The third kappa shape index (κ3) is 2.54. The molecule has 1 aromatic rings. The van der Waals surface area contributed by atoms with E-state index in [2.05, 4.69) is 15.4 Å².